The van der Waals surface area contributed by atoms with E-state index in [1.807, 2.05) is 43.3 Å². The molecule has 38 heavy (non-hydrogen) atoms. The fourth-order valence-electron chi connectivity index (χ4n) is 4.24. The Morgan fingerprint density at radius 3 is 2.45 bits per heavy atom. The zero-order valence-electron chi connectivity index (χ0n) is 22.5. The van der Waals surface area contributed by atoms with Crippen molar-refractivity contribution >= 4 is 29.3 Å². The van der Waals surface area contributed by atoms with Crippen molar-refractivity contribution in [1.82, 2.24) is 20.9 Å². The molecule has 1 aliphatic heterocycles. The SMILES string of the molecule is CN1CC(=O)NCC(=O)NCCCc2ccccc2OCCNC(C2CC2)C1=O.Cc1ccc(Cl)c(C)c1. The number of halogens is 1. The van der Waals surface area contributed by atoms with E-state index < -0.39 is 0 Å². The molecular formula is C29H39ClN4O4. The maximum absolute atomic E-state index is 12.8. The van der Waals surface area contributed by atoms with Crippen LogP contribution < -0.4 is 20.7 Å². The van der Waals surface area contributed by atoms with Crippen molar-refractivity contribution in [3.05, 3.63) is 64.2 Å². The van der Waals surface area contributed by atoms with Crippen LogP contribution >= 0.6 is 11.6 Å². The number of fused-ring (bicyclic) bond motifs is 1. The highest BCUT2D eigenvalue weighted by Crippen LogP contribution is 2.33. The molecule has 1 saturated carbocycles. The number of likely N-dealkylation sites (N-methyl/N-ethyl adjacent to an activating group) is 1. The van der Waals surface area contributed by atoms with E-state index in [9.17, 15) is 14.4 Å². The van der Waals surface area contributed by atoms with Crippen LogP contribution in [0.1, 0.15) is 36.0 Å². The van der Waals surface area contributed by atoms with Gasteiger partial charge in [0.2, 0.25) is 17.7 Å². The largest absolute Gasteiger partial charge is 0.492 e. The van der Waals surface area contributed by atoms with Crippen LogP contribution in [-0.2, 0) is 20.8 Å². The Bertz CT molecular complexity index is 1110. The molecule has 1 atom stereocenters. The van der Waals surface area contributed by atoms with E-state index in [0.29, 0.717) is 25.6 Å². The molecule has 0 saturated heterocycles. The maximum Gasteiger partial charge on any atom is 0.240 e. The minimum atomic E-state index is -0.344. The number of carbonyl (C=O) groups is 3. The monoisotopic (exact) mass is 542 g/mol. The van der Waals surface area contributed by atoms with Crippen molar-refractivity contribution in [3.63, 3.8) is 0 Å². The second kappa shape index (κ2) is 14.7. The summed E-state index contributed by atoms with van der Waals surface area (Å²) in [6, 6.07) is 13.6. The van der Waals surface area contributed by atoms with Crippen molar-refractivity contribution in [2.45, 2.75) is 45.6 Å². The van der Waals surface area contributed by atoms with Gasteiger partial charge in [0.1, 0.15) is 12.4 Å². The first kappa shape index (κ1) is 29.5. The van der Waals surface area contributed by atoms with Gasteiger partial charge in [-0.05, 0) is 68.7 Å². The Morgan fingerprint density at radius 1 is 0.974 bits per heavy atom. The third-order valence-corrected chi connectivity index (χ3v) is 6.94. The molecule has 8 nitrogen and oxygen atoms in total. The Morgan fingerprint density at radius 2 is 1.74 bits per heavy atom. The van der Waals surface area contributed by atoms with Crippen LogP contribution in [0.5, 0.6) is 5.75 Å². The van der Waals surface area contributed by atoms with Gasteiger partial charge in [0, 0.05) is 25.2 Å². The Kier molecular flexibility index (Phi) is 11.4. The summed E-state index contributed by atoms with van der Waals surface area (Å²) in [5.74, 6) is 0.449. The molecule has 1 unspecified atom stereocenters. The second-order valence-electron chi connectivity index (χ2n) is 9.90. The molecule has 2 aromatic carbocycles. The van der Waals surface area contributed by atoms with Gasteiger partial charge in [0.05, 0.1) is 19.1 Å². The molecule has 2 aliphatic rings. The standard InChI is InChI=1S/C21H30N4O4.C8H9Cl/c1-25-14-19(27)24-13-18(26)22-10-4-6-15-5-2-3-7-17(15)29-12-11-23-20(21(25)28)16-8-9-16;1-6-3-4-8(9)7(2)5-6/h2-3,5,7,16,20,23H,4,6,8-14H2,1H3,(H,22,26)(H,24,27);3-5H,1-2H3. The number of ether oxygens (including phenoxy) is 1. The molecule has 1 fully saturated rings. The molecule has 1 heterocycles. The van der Waals surface area contributed by atoms with Crippen LogP contribution in [-0.4, -0.2) is 68.5 Å². The van der Waals surface area contributed by atoms with Crippen LogP contribution in [0.4, 0.5) is 0 Å². The highest BCUT2D eigenvalue weighted by atomic mass is 35.5. The highest BCUT2D eigenvalue weighted by molar-refractivity contribution is 6.31. The number of benzene rings is 2. The van der Waals surface area contributed by atoms with E-state index in [2.05, 4.69) is 28.9 Å². The average Bonchev–Trinajstić information content (AvgIpc) is 3.73. The van der Waals surface area contributed by atoms with Gasteiger partial charge in [-0.2, -0.15) is 0 Å². The van der Waals surface area contributed by atoms with Crippen LogP contribution in [0.3, 0.4) is 0 Å². The van der Waals surface area contributed by atoms with E-state index in [4.69, 9.17) is 16.3 Å². The predicted molar refractivity (Wildman–Crippen MR) is 149 cm³/mol. The van der Waals surface area contributed by atoms with Crippen LogP contribution in [0.15, 0.2) is 42.5 Å². The van der Waals surface area contributed by atoms with E-state index >= 15 is 0 Å². The number of hydrogen-bond acceptors (Lipinski definition) is 5. The summed E-state index contributed by atoms with van der Waals surface area (Å²) in [7, 11) is 1.62. The first-order chi connectivity index (χ1) is 18.2. The van der Waals surface area contributed by atoms with E-state index in [1.54, 1.807) is 7.05 Å². The lowest BCUT2D eigenvalue weighted by atomic mass is 10.1. The molecule has 0 radical (unpaired) electrons. The van der Waals surface area contributed by atoms with E-state index in [1.165, 1.54) is 10.5 Å². The van der Waals surface area contributed by atoms with Gasteiger partial charge in [-0.3, -0.25) is 14.4 Å². The van der Waals surface area contributed by atoms with Gasteiger partial charge >= 0.3 is 0 Å². The molecule has 206 valence electrons. The van der Waals surface area contributed by atoms with Crippen LogP contribution in [0.2, 0.25) is 5.02 Å². The third-order valence-electron chi connectivity index (χ3n) is 6.52. The smallest absolute Gasteiger partial charge is 0.240 e. The number of amides is 3. The molecule has 9 heteroatoms. The van der Waals surface area contributed by atoms with Crippen molar-refractivity contribution in [2.75, 3.05) is 39.8 Å². The van der Waals surface area contributed by atoms with Crippen molar-refractivity contribution in [3.8, 4) is 5.75 Å². The lowest BCUT2D eigenvalue weighted by Gasteiger charge is -2.24. The summed E-state index contributed by atoms with van der Waals surface area (Å²) in [6.45, 7) is 5.43. The summed E-state index contributed by atoms with van der Waals surface area (Å²) in [6.07, 6.45) is 3.57. The topological polar surface area (TPSA) is 99.8 Å². The number of hydrogen-bond donors (Lipinski definition) is 3. The molecule has 3 amide bonds. The van der Waals surface area contributed by atoms with Crippen molar-refractivity contribution in [2.24, 2.45) is 5.92 Å². The van der Waals surface area contributed by atoms with Gasteiger partial charge in [-0.25, -0.2) is 0 Å². The number of nitrogens with one attached hydrogen (secondary N) is 3. The molecule has 0 bridgehead atoms. The van der Waals surface area contributed by atoms with Gasteiger partial charge in [-0.15, -0.1) is 0 Å². The fourth-order valence-corrected chi connectivity index (χ4v) is 4.36. The predicted octanol–water partition coefficient (Wildman–Crippen LogP) is 3.03. The molecule has 4 rings (SSSR count). The van der Waals surface area contributed by atoms with Gasteiger partial charge < -0.3 is 25.6 Å². The minimum Gasteiger partial charge on any atom is -0.492 e. The van der Waals surface area contributed by atoms with Crippen molar-refractivity contribution in [1.29, 1.82) is 0 Å². The molecule has 1 aliphatic carbocycles. The number of carbonyl (C=O) groups excluding carboxylic acids is 3. The fraction of sp³-hybridized carbons (Fsp3) is 0.483. The number of aryl methyl sites for hydroxylation is 3. The summed E-state index contributed by atoms with van der Waals surface area (Å²) >= 11 is 5.78. The summed E-state index contributed by atoms with van der Waals surface area (Å²) < 4.78 is 5.94. The Labute approximate surface area is 230 Å². The number of nitrogens with zero attached hydrogens (tertiary/aromatic N) is 1. The molecular weight excluding hydrogens is 504 g/mol. The van der Waals surface area contributed by atoms with E-state index in [-0.39, 0.29) is 36.9 Å². The lowest BCUT2D eigenvalue weighted by Crippen LogP contribution is -2.50. The minimum absolute atomic E-state index is 0.0686. The zero-order valence-corrected chi connectivity index (χ0v) is 23.3. The molecule has 3 N–H and O–H groups in total. The molecule has 2 aromatic rings. The quantitative estimate of drug-likeness (QED) is 0.514. The van der Waals surface area contributed by atoms with Crippen LogP contribution in [0.25, 0.3) is 0 Å². The summed E-state index contributed by atoms with van der Waals surface area (Å²) in [5.41, 5.74) is 3.50. The Balaban J connectivity index is 0.000000375. The normalized spacial score (nSPS) is 19.9. The van der Waals surface area contributed by atoms with Gasteiger partial charge in [0.15, 0.2) is 0 Å². The average molecular weight is 543 g/mol. The first-order valence-electron chi connectivity index (χ1n) is 13.2. The Hall–Kier alpha value is -3.10. The molecule has 0 spiro atoms. The maximum atomic E-state index is 12.8. The van der Waals surface area contributed by atoms with Gasteiger partial charge in [-0.1, -0.05) is 47.5 Å². The summed E-state index contributed by atoms with van der Waals surface area (Å²) in [4.78, 5) is 38.2. The van der Waals surface area contributed by atoms with Crippen molar-refractivity contribution < 1.29 is 19.1 Å². The number of para-hydroxylation sites is 1. The van der Waals surface area contributed by atoms with E-state index in [0.717, 1.165) is 47.6 Å². The highest BCUT2D eigenvalue weighted by Gasteiger charge is 2.37. The zero-order chi connectivity index (χ0) is 27.5. The lowest BCUT2D eigenvalue weighted by molar-refractivity contribution is -0.137. The van der Waals surface area contributed by atoms with Crippen LogP contribution in [0, 0.1) is 19.8 Å². The number of rotatable bonds is 1. The van der Waals surface area contributed by atoms with Gasteiger partial charge in [0.25, 0.3) is 0 Å². The summed E-state index contributed by atoms with van der Waals surface area (Å²) in [5, 5.41) is 9.54. The molecule has 0 aromatic heterocycles. The second-order valence-corrected chi connectivity index (χ2v) is 10.3. The third kappa shape index (κ3) is 9.65. The first-order valence-corrected chi connectivity index (χ1v) is 13.6.